The first-order chi connectivity index (χ1) is 9.81. The molecule has 0 saturated heterocycles. The highest BCUT2D eigenvalue weighted by atomic mass is 16.5. The first-order valence-corrected chi connectivity index (χ1v) is 6.61. The molecular weight excluding hydrogens is 262 g/mol. The maximum atomic E-state index is 8.75. The van der Waals surface area contributed by atoms with Crippen molar-refractivity contribution < 1.29 is 24.4 Å². The number of aliphatic hydroxyl groups is 2. The summed E-state index contributed by atoms with van der Waals surface area (Å²) in [4.78, 5) is 0. The van der Waals surface area contributed by atoms with Crippen molar-refractivity contribution in [1.82, 2.24) is 5.32 Å². The zero-order valence-electron chi connectivity index (χ0n) is 11.8. The summed E-state index contributed by atoms with van der Waals surface area (Å²) in [6.45, 7) is 2.61. The molecule has 0 saturated carbocycles. The van der Waals surface area contributed by atoms with E-state index in [2.05, 4.69) is 5.32 Å². The van der Waals surface area contributed by atoms with Gasteiger partial charge < -0.3 is 29.7 Å². The lowest BCUT2D eigenvalue weighted by molar-refractivity contribution is 0.0938. The first-order valence-electron chi connectivity index (χ1n) is 6.61. The second kappa shape index (κ2) is 10.4. The molecule has 0 aliphatic heterocycles. The van der Waals surface area contributed by atoms with Gasteiger partial charge in [0, 0.05) is 13.1 Å². The van der Waals surface area contributed by atoms with Gasteiger partial charge in [-0.25, -0.2) is 0 Å². The van der Waals surface area contributed by atoms with Crippen molar-refractivity contribution in [1.29, 1.82) is 0 Å². The van der Waals surface area contributed by atoms with E-state index in [0.717, 1.165) is 5.56 Å². The van der Waals surface area contributed by atoms with Crippen LogP contribution in [-0.2, 0) is 11.3 Å². The lowest BCUT2D eigenvalue weighted by Gasteiger charge is -2.12. The van der Waals surface area contributed by atoms with Crippen molar-refractivity contribution in [3.05, 3.63) is 23.8 Å². The maximum Gasteiger partial charge on any atom is 0.161 e. The van der Waals surface area contributed by atoms with Crippen LogP contribution in [-0.4, -0.2) is 56.9 Å². The summed E-state index contributed by atoms with van der Waals surface area (Å²) in [5, 5.41) is 20.5. The maximum absolute atomic E-state index is 8.75. The molecule has 0 spiro atoms. The monoisotopic (exact) mass is 285 g/mol. The molecule has 0 heterocycles. The van der Waals surface area contributed by atoms with Crippen LogP contribution in [0.1, 0.15) is 5.56 Å². The van der Waals surface area contributed by atoms with Crippen molar-refractivity contribution >= 4 is 0 Å². The molecule has 1 rings (SSSR count). The summed E-state index contributed by atoms with van der Waals surface area (Å²) in [5.74, 6) is 1.27. The molecular formula is C14H23NO5. The SMILES string of the molecule is COc1cc(CNCCOCCO)ccc1OCCO. The Morgan fingerprint density at radius 3 is 2.55 bits per heavy atom. The van der Waals surface area contributed by atoms with Crippen LogP contribution in [0.5, 0.6) is 11.5 Å². The van der Waals surface area contributed by atoms with Gasteiger partial charge in [0.15, 0.2) is 11.5 Å². The molecule has 1 aromatic rings. The summed E-state index contributed by atoms with van der Waals surface area (Å²) in [6, 6.07) is 5.67. The molecule has 6 heteroatoms. The number of nitrogens with one attached hydrogen (secondary N) is 1. The van der Waals surface area contributed by atoms with Crippen molar-refractivity contribution in [2.75, 3.05) is 46.7 Å². The zero-order chi connectivity index (χ0) is 14.6. The topological polar surface area (TPSA) is 80.2 Å². The molecule has 1 aromatic carbocycles. The highest BCUT2D eigenvalue weighted by Gasteiger charge is 2.05. The average Bonchev–Trinajstić information content (AvgIpc) is 2.49. The van der Waals surface area contributed by atoms with Gasteiger partial charge in [0.1, 0.15) is 6.61 Å². The molecule has 6 nitrogen and oxygen atoms in total. The summed E-state index contributed by atoms with van der Waals surface area (Å²) in [7, 11) is 1.58. The van der Waals surface area contributed by atoms with E-state index < -0.39 is 0 Å². The van der Waals surface area contributed by atoms with Gasteiger partial charge in [0.2, 0.25) is 0 Å². The summed E-state index contributed by atoms with van der Waals surface area (Å²) in [5.41, 5.74) is 1.07. The molecule has 0 amide bonds. The van der Waals surface area contributed by atoms with E-state index in [4.69, 9.17) is 24.4 Å². The highest BCUT2D eigenvalue weighted by Crippen LogP contribution is 2.27. The van der Waals surface area contributed by atoms with E-state index >= 15 is 0 Å². The van der Waals surface area contributed by atoms with Gasteiger partial charge in [0.05, 0.1) is 33.5 Å². The second-order valence-corrected chi connectivity index (χ2v) is 4.07. The third-order valence-electron chi connectivity index (χ3n) is 2.56. The van der Waals surface area contributed by atoms with E-state index in [1.54, 1.807) is 7.11 Å². The Labute approximate surface area is 119 Å². The minimum atomic E-state index is -0.0275. The molecule has 0 aliphatic carbocycles. The standard InChI is InChI=1S/C14H23NO5/c1-18-14-10-12(2-3-13(14)20-9-6-17)11-15-4-7-19-8-5-16/h2-3,10,15-17H,4-9,11H2,1H3. The lowest BCUT2D eigenvalue weighted by atomic mass is 10.2. The van der Waals surface area contributed by atoms with Crippen LogP contribution in [0, 0.1) is 0 Å². The van der Waals surface area contributed by atoms with Gasteiger partial charge in [-0.3, -0.25) is 0 Å². The van der Waals surface area contributed by atoms with E-state index in [-0.39, 0.29) is 19.8 Å². The second-order valence-electron chi connectivity index (χ2n) is 4.07. The average molecular weight is 285 g/mol. The Morgan fingerprint density at radius 1 is 1.05 bits per heavy atom. The molecule has 0 radical (unpaired) electrons. The molecule has 0 unspecified atom stereocenters. The fourth-order valence-corrected chi connectivity index (χ4v) is 1.64. The highest BCUT2D eigenvalue weighted by molar-refractivity contribution is 5.42. The molecule has 0 fully saturated rings. The van der Waals surface area contributed by atoms with Crippen LogP contribution in [0.3, 0.4) is 0 Å². The van der Waals surface area contributed by atoms with Gasteiger partial charge in [-0.15, -0.1) is 0 Å². The van der Waals surface area contributed by atoms with Gasteiger partial charge in [-0.1, -0.05) is 6.07 Å². The van der Waals surface area contributed by atoms with Crippen LogP contribution >= 0.6 is 0 Å². The molecule has 0 atom stereocenters. The minimum absolute atomic E-state index is 0.0275. The predicted octanol–water partition coefficient (Wildman–Crippen LogP) is 0.165. The van der Waals surface area contributed by atoms with Gasteiger partial charge in [0.25, 0.3) is 0 Å². The molecule has 114 valence electrons. The van der Waals surface area contributed by atoms with Gasteiger partial charge >= 0.3 is 0 Å². The first kappa shape index (κ1) is 16.7. The fraction of sp³-hybridized carbons (Fsp3) is 0.571. The van der Waals surface area contributed by atoms with Crippen LogP contribution in [0.2, 0.25) is 0 Å². The predicted molar refractivity (Wildman–Crippen MR) is 75.2 cm³/mol. The van der Waals surface area contributed by atoms with Crippen LogP contribution < -0.4 is 14.8 Å². The van der Waals surface area contributed by atoms with E-state index in [1.807, 2.05) is 18.2 Å². The van der Waals surface area contributed by atoms with Crippen molar-refractivity contribution in [2.24, 2.45) is 0 Å². The number of benzene rings is 1. The number of hydrogen-bond acceptors (Lipinski definition) is 6. The Balaban J connectivity index is 2.38. The van der Waals surface area contributed by atoms with Gasteiger partial charge in [-0.2, -0.15) is 0 Å². The smallest absolute Gasteiger partial charge is 0.161 e. The van der Waals surface area contributed by atoms with E-state index in [1.165, 1.54) is 0 Å². The third kappa shape index (κ3) is 6.21. The zero-order valence-corrected chi connectivity index (χ0v) is 11.8. The number of aliphatic hydroxyl groups excluding tert-OH is 2. The lowest BCUT2D eigenvalue weighted by Crippen LogP contribution is -2.20. The fourth-order valence-electron chi connectivity index (χ4n) is 1.64. The number of methoxy groups -OCH3 is 1. The van der Waals surface area contributed by atoms with E-state index in [9.17, 15) is 0 Å². The minimum Gasteiger partial charge on any atom is -0.493 e. The molecule has 0 aliphatic rings. The number of hydrogen-bond donors (Lipinski definition) is 3. The summed E-state index contributed by atoms with van der Waals surface area (Å²) < 4.78 is 15.8. The van der Waals surface area contributed by atoms with Crippen molar-refractivity contribution in [3.8, 4) is 11.5 Å². The number of rotatable bonds is 11. The van der Waals surface area contributed by atoms with E-state index in [0.29, 0.717) is 37.8 Å². The van der Waals surface area contributed by atoms with Crippen molar-refractivity contribution in [2.45, 2.75) is 6.54 Å². The largest absolute Gasteiger partial charge is 0.493 e. The Morgan fingerprint density at radius 2 is 1.85 bits per heavy atom. The van der Waals surface area contributed by atoms with Crippen molar-refractivity contribution in [3.63, 3.8) is 0 Å². The van der Waals surface area contributed by atoms with Crippen LogP contribution in [0.15, 0.2) is 18.2 Å². The normalized spacial score (nSPS) is 10.6. The molecule has 3 N–H and O–H groups in total. The van der Waals surface area contributed by atoms with Crippen LogP contribution in [0.25, 0.3) is 0 Å². The summed E-state index contributed by atoms with van der Waals surface area (Å²) >= 11 is 0. The van der Waals surface area contributed by atoms with Crippen LogP contribution in [0.4, 0.5) is 0 Å². The quantitative estimate of drug-likeness (QED) is 0.503. The number of ether oxygens (including phenoxy) is 3. The Hall–Kier alpha value is -1.34. The molecule has 0 aromatic heterocycles. The third-order valence-corrected chi connectivity index (χ3v) is 2.56. The molecule has 0 bridgehead atoms. The summed E-state index contributed by atoms with van der Waals surface area (Å²) in [6.07, 6.45) is 0. The Bertz CT molecular complexity index is 373. The Kier molecular flexibility index (Phi) is 8.73. The van der Waals surface area contributed by atoms with Gasteiger partial charge in [-0.05, 0) is 17.7 Å². The molecule has 20 heavy (non-hydrogen) atoms.